The van der Waals surface area contributed by atoms with Crippen LogP contribution in [0.4, 0.5) is 5.82 Å². The van der Waals surface area contributed by atoms with Gasteiger partial charge in [0.2, 0.25) is 0 Å². The third-order valence-corrected chi connectivity index (χ3v) is 3.31. The minimum Gasteiger partial charge on any atom is -0.394 e. The molecule has 2 aromatic heterocycles. The molecule has 1 unspecified atom stereocenters. The molecule has 11 heteroatoms. The molecule has 4 N–H and O–H groups in total. The highest BCUT2D eigenvalue weighted by atomic mass is 31.2. The zero-order valence-corrected chi connectivity index (χ0v) is 12.8. The molecule has 22 heavy (non-hydrogen) atoms. The molecule has 0 aliphatic carbocycles. The predicted molar refractivity (Wildman–Crippen MR) is 78.4 cm³/mol. The van der Waals surface area contributed by atoms with Crippen molar-refractivity contribution in [2.24, 2.45) is 0 Å². The van der Waals surface area contributed by atoms with E-state index in [1.54, 1.807) is 17.8 Å². The second kappa shape index (κ2) is 7.12. The summed E-state index contributed by atoms with van der Waals surface area (Å²) >= 11 is 0. The molecule has 1 atom stereocenters. The maximum Gasteiger partial charge on any atom is 0.350 e. The van der Waals surface area contributed by atoms with Gasteiger partial charge in [-0.25, -0.2) is 15.0 Å². The van der Waals surface area contributed by atoms with E-state index in [0.29, 0.717) is 23.5 Å². The minimum atomic E-state index is -4.15. The van der Waals surface area contributed by atoms with Crippen LogP contribution < -0.4 is 5.32 Å². The van der Waals surface area contributed by atoms with Crippen molar-refractivity contribution in [3.8, 4) is 0 Å². The third kappa shape index (κ3) is 4.46. The van der Waals surface area contributed by atoms with E-state index in [1.165, 1.54) is 6.33 Å². The van der Waals surface area contributed by atoms with Crippen LogP contribution in [-0.2, 0) is 15.8 Å². The van der Waals surface area contributed by atoms with Crippen molar-refractivity contribution in [3.05, 3.63) is 12.7 Å². The Morgan fingerprint density at radius 3 is 2.86 bits per heavy atom. The van der Waals surface area contributed by atoms with Crippen LogP contribution in [0.25, 0.3) is 11.2 Å². The van der Waals surface area contributed by atoms with Crippen LogP contribution in [-0.4, -0.2) is 60.0 Å². The van der Waals surface area contributed by atoms with Crippen LogP contribution in [0, 0.1) is 0 Å². The molecule has 10 nitrogen and oxygen atoms in total. The average molecular weight is 331 g/mol. The molecule has 2 rings (SSSR count). The molecule has 0 saturated carbocycles. The molecule has 0 aliphatic heterocycles. The molecular formula is C11H18N5O5P. The monoisotopic (exact) mass is 331 g/mol. The smallest absolute Gasteiger partial charge is 0.350 e. The van der Waals surface area contributed by atoms with Crippen molar-refractivity contribution >= 4 is 24.6 Å². The van der Waals surface area contributed by atoms with E-state index >= 15 is 0 Å². The number of aliphatic hydroxyl groups excluding tert-OH is 1. The first kappa shape index (κ1) is 16.8. The SMILES string of the molecule is CC(CO)Nc1ncnc2c1ncn2CCOCP(=O)(O)O. The number of nitrogens with zero attached hydrogens (tertiary/aromatic N) is 4. The molecule has 122 valence electrons. The first-order valence-corrected chi connectivity index (χ1v) is 8.36. The molecule has 0 bridgehead atoms. The van der Waals surface area contributed by atoms with E-state index in [9.17, 15) is 4.57 Å². The first-order chi connectivity index (χ1) is 10.4. The number of ether oxygens (including phenoxy) is 1. The fourth-order valence-corrected chi connectivity index (χ4v) is 2.14. The topological polar surface area (TPSA) is 143 Å². The van der Waals surface area contributed by atoms with Crippen LogP contribution >= 0.6 is 7.60 Å². The molecule has 0 spiro atoms. The molecule has 2 heterocycles. The van der Waals surface area contributed by atoms with E-state index in [4.69, 9.17) is 19.6 Å². The quantitative estimate of drug-likeness (QED) is 0.381. The summed E-state index contributed by atoms with van der Waals surface area (Å²) in [4.78, 5) is 29.9. The first-order valence-electron chi connectivity index (χ1n) is 6.56. The molecular weight excluding hydrogens is 313 g/mol. The van der Waals surface area contributed by atoms with Gasteiger partial charge in [-0.3, -0.25) is 4.57 Å². The zero-order valence-electron chi connectivity index (χ0n) is 12.0. The van der Waals surface area contributed by atoms with Crippen molar-refractivity contribution in [3.63, 3.8) is 0 Å². The summed E-state index contributed by atoms with van der Waals surface area (Å²) in [5.74, 6) is 0.515. The molecule has 0 saturated heterocycles. The van der Waals surface area contributed by atoms with Crippen LogP contribution in [0.15, 0.2) is 12.7 Å². The highest BCUT2D eigenvalue weighted by Crippen LogP contribution is 2.33. The number of aliphatic hydroxyl groups is 1. The van der Waals surface area contributed by atoms with Gasteiger partial charge in [-0.15, -0.1) is 0 Å². The Kier molecular flexibility index (Phi) is 5.43. The Hall–Kier alpha value is -1.58. The molecule has 0 radical (unpaired) electrons. The predicted octanol–water partition coefficient (Wildman–Crippen LogP) is -0.229. The van der Waals surface area contributed by atoms with Gasteiger partial charge in [-0.1, -0.05) is 0 Å². The van der Waals surface area contributed by atoms with E-state index in [-0.39, 0.29) is 19.3 Å². The van der Waals surface area contributed by atoms with Gasteiger partial charge in [-0.05, 0) is 6.92 Å². The second-order valence-corrected chi connectivity index (χ2v) is 6.35. The maximum atomic E-state index is 10.7. The normalized spacial score (nSPS) is 13.5. The fourth-order valence-electron chi connectivity index (χ4n) is 1.78. The summed E-state index contributed by atoms with van der Waals surface area (Å²) in [6.07, 6.45) is 2.31. The lowest BCUT2D eigenvalue weighted by molar-refractivity contribution is 0.149. The summed E-state index contributed by atoms with van der Waals surface area (Å²) in [6, 6.07) is -0.171. The number of fused-ring (bicyclic) bond motifs is 1. The molecule has 0 fully saturated rings. The van der Waals surface area contributed by atoms with Gasteiger partial charge in [0.25, 0.3) is 0 Å². The van der Waals surface area contributed by atoms with Gasteiger partial charge >= 0.3 is 7.60 Å². The Morgan fingerprint density at radius 2 is 2.18 bits per heavy atom. The Morgan fingerprint density at radius 1 is 1.41 bits per heavy atom. The highest BCUT2D eigenvalue weighted by Gasteiger charge is 2.14. The zero-order chi connectivity index (χ0) is 16.2. The second-order valence-electron chi connectivity index (χ2n) is 4.76. The van der Waals surface area contributed by atoms with E-state index in [0.717, 1.165) is 0 Å². The van der Waals surface area contributed by atoms with Crippen LogP contribution in [0.3, 0.4) is 0 Å². The molecule has 0 aromatic carbocycles. The Balaban J connectivity index is 2.06. The van der Waals surface area contributed by atoms with Crippen LogP contribution in [0.5, 0.6) is 0 Å². The lowest BCUT2D eigenvalue weighted by Crippen LogP contribution is -2.20. The van der Waals surface area contributed by atoms with E-state index in [1.807, 2.05) is 0 Å². The summed E-state index contributed by atoms with van der Waals surface area (Å²) in [6.45, 7) is 2.24. The van der Waals surface area contributed by atoms with Crippen LogP contribution in [0.1, 0.15) is 6.92 Å². The third-order valence-electron chi connectivity index (χ3n) is 2.79. The fraction of sp³-hybridized carbons (Fsp3) is 0.545. The molecule has 0 aliphatic rings. The number of rotatable bonds is 8. The number of aromatic nitrogens is 4. The highest BCUT2D eigenvalue weighted by molar-refractivity contribution is 7.51. The average Bonchev–Trinajstić information content (AvgIpc) is 2.87. The number of hydrogen-bond donors (Lipinski definition) is 4. The van der Waals surface area contributed by atoms with Gasteiger partial charge in [0.05, 0.1) is 19.5 Å². The summed E-state index contributed by atoms with van der Waals surface area (Å²) in [7, 11) is -4.15. The van der Waals surface area contributed by atoms with Gasteiger partial charge < -0.3 is 29.5 Å². The lowest BCUT2D eigenvalue weighted by Gasteiger charge is -2.11. The van der Waals surface area contributed by atoms with Gasteiger partial charge in [0, 0.05) is 12.6 Å². The maximum absolute atomic E-state index is 10.7. The largest absolute Gasteiger partial charge is 0.394 e. The van der Waals surface area contributed by atoms with E-state index in [2.05, 4.69) is 20.3 Å². The van der Waals surface area contributed by atoms with Gasteiger partial charge in [0.1, 0.15) is 18.2 Å². The van der Waals surface area contributed by atoms with Crippen molar-refractivity contribution in [1.82, 2.24) is 19.5 Å². The number of nitrogens with one attached hydrogen (secondary N) is 1. The van der Waals surface area contributed by atoms with Crippen molar-refractivity contribution in [1.29, 1.82) is 0 Å². The van der Waals surface area contributed by atoms with E-state index < -0.39 is 13.9 Å². The Bertz CT molecular complexity index is 672. The van der Waals surface area contributed by atoms with Gasteiger partial charge in [-0.2, -0.15) is 0 Å². The summed E-state index contributed by atoms with van der Waals surface area (Å²) in [5.41, 5.74) is 1.13. The molecule has 2 aromatic rings. The number of imidazole rings is 1. The van der Waals surface area contributed by atoms with Crippen molar-refractivity contribution < 1.29 is 24.2 Å². The standard InChI is InChI=1S/C11H18N5O5P/c1-8(4-17)15-10-9-11(13-5-12-10)16(6-14-9)2-3-21-7-22(18,19)20/h5-6,8,17H,2-4,7H2,1H3,(H,12,13,15)(H2,18,19,20). The molecule has 0 amide bonds. The number of hydrogen-bond acceptors (Lipinski definition) is 7. The van der Waals surface area contributed by atoms with Crippen molar-refractivity contribution in [2.45, 2.75) is 19.5 Å². The summed E-state index contributed by atoms with van der Waals surface area (Å²) in [5, 5.41) is 12.1. The van der Waals surface area contributed by atoms with Gasteiger partial charge in [0.15, 0.2) is 11.5 Å². The summed E-state index contributed by atoms with van der Waals surface area (Å²) < 4.78 is 17.3. The van der Waals surface area contributed by atoms with Crippen molar-refractivity contribution in [2.75, 3.05) is 24.9 Å². The van der Waals surface area contributed by atoms with Crippen LogP contribution in [0.2, 0.25) is 0 Å². The Labute approximate surface area is 126 Å². The minimum absolute atomic E-state index is 0.0393. The lowest BCUT2D eigenvalue weighted by atomic mass is 10.3. The number of anilines is 1.